The van der Waals surface area contributed by atoms with Gasteiger partial charge in [0.25, 0.3) is 5.91 Å². The highest BCUT2D eigenvalue weighted by Crippen LogP contribution is 2.22. The number of oxime groups is 1. The van der Waals surface area contributed by atoms with Crippen LogP contribution in [0.4, 0.5) is 0 Å². The monoisotopic (exact) mass is 461 g/mol. The number of aromatic nitrogens is 2. The fourth-order valence-corrected chi connectivity index (χ4v) is 3.77. The minimum Gasteiger partial charge on any atom is -0.490 e. The van der Waals surface area contributed by atoms with Crippen LogP contribution in [-0.4, -0.2) is 66.0 Å². The van der Waals surface area contributed by atoms with Crippen molar-refractivity contribution in [2.75, 3.05) is 26.7 Å². The molecule has 0 atom stereocenters. The van der Waals surface area contributed by atoms with E-state index in [0.29, 0.717) is 25.9 Å². The summed E-state index contributed by atoms with van der Waals surface area (Å²) in [6.07, 6.45) is 3.01. The minimum absolute atomic E-state index is 0.00352. The van der Waals surface area contributed by atoms with Crippen LogP contribution < -0.4 is 10.1 Å². The van der Waals surface area contributed by atoms with Crippen LogP contribution in [-0.2, 0) is 9.63 Å². The molecular weight excluding hydrogens is 434 g/mol. The normalized spacial score (nSPS) is 14.2. The molecule has 9 heteroatoms. The smallest absolute Gasteiger partial charge is 0.272 e. The molecule has 0 bridgehead atoms. The van der Waals surface area contributed by atoms with Crippen molar-refractivity contribution in [1.82, 2.24) is 20.4 Å². The molecule has 1 aliphatic rings. The highest BCUT2D eigenvalue weighted by Gasteiger charge is 2.25. The number of ether oxygens (including phenoxy) is 1. The summed E-state index contributed by atoms with van der Waals surface area (Å²) in [7, 11) is 1.49. The number of aromatic amines is 1. The molecule has 34 heavy (non-hydrogen) atoms. The highest BCUT2D eigenvalue weighted by molar-refractivity contribution is 5.95. The van der Waals surface area contributed by atoms with Gasteiger partial charge >= 0.3 is 0 Å². The van der Waals surface area contributed by atoms with Crippen molar-refractivity contribution in [3.05, 3.63) is 71.9 Å². The molecule has 2 heterocycles. The number of likely N-dealkylation sites (tertiary alicyclic amines) is 1. The van der Waals surface area contributed by atoms with E-state index in [0.717, 1.165) is 22.6 Å². The Morgan fingerprint density at radius 1 is 1.15 bits per heavy atom. The van der Waals surface area contributed by atoms with Gasteiger partial charge < -0.3 is 19.8 Å². The highest BCUT2D eigenvalue weighted by atomic mass is 16.6. The Morgan fingerprint density at radius 2 is 1.88 bits per heavy atom. The van der Waals surface area contributed by atoms with E-state index < -0.39 is 0 Å². The average Bonchev–Trinajstić information content (AvgIpc) is 3.38. The number of benzene rings is 2. The Hall–Kier alpha value is -4.14. The number of para-hydroxylation sites is 1. The van der Waals surface area contributed by atoms with Crippen molar-refractivity contribution >= 4 is 18.0 Å². The van der Waals surface area contributed by atoms with Gasteiger partial charge in [-0.1, -0.05) is 47.6 Å². The van der Waals surface area contributed by atoms with Crippen molar-refractivity contribution in [3.63, 3.8) is 0 Å². The number of rotatable bonds is 8. The van der Waals surface area contributed by atoms with E-state index in [1.165, 1.54) is 7.11 Å². The molecular formula is C25H27N5O4. The second-order valence-corrected chi connectivity index (χ2v) is 7.87. The van der Waals surface area contributed by atoms with Crippen molar-refractivity contribution < 1.29 is 19.2 Å². The molecule has 0 unspecified atom stereocenters. The fraction of sp³-hybridized carbons (Fsp3) is 0.280. The topological polar surface area (TPSA) is 109 Å². The number of carbonyl (C=O) groups is 2. The Bertz CT molecular complexity index is 1140. The summed E-state index contributed by atoms with van der Waals surface area (Å²) >= 11 is 0. The predicted molar refractivity (Wildman–Crippen MR) is 128 cm³/mol. The van der Waals surface area contributed by atoms with Crippen molar-refractivity contribution in [2.24, 2.45) is 5.16 Å². The number of hydrogen-bond donors (Lipinski definition) is 2. The molecule has 2 amide bonds. The molecule has 9 nitrogen and oxygen atoms in total. The third kappa shape index (κ3) is 5.80. The third-order valence-corrected chi connectivity index (χ3v) is 5.60. The molecule has 176 valence electrons. The molecule has 2 N–H and O–H groups in total. The molecule has 3 aromatic rings. The fourth-order valence-electron chi connectivity index (χ4n) is 3.77. The summed E-state index contributed by atoms with van der Waals surface area (Å²) in [5.41, 5.74) is 2.76. The van der Waals surface area contributed by atoms with E-state index in [1.54, 1.807) is 17.2 Å². The Balaban J connectivity index is 1.24. The first-order valence-electron chi connectivity index (χ1n) is 11.1. The van der Waals surface area contributed by atoms with Gasteiger partial charge in [-0.25, -0.2) is 0 Å². The van der Waals surface area contributed by atoms with Crippen molar-refractivity contribution in [2.45, 2.75) is 18.9 Å². The van der Waals surface area contributed by atoms with Crippen molar-refractivity contribution in [1.29, 1.82) is 0 Å². The lowest BCUT2D eigenvalue weighted by Crippen LogP contribution is -2.46. The third-order valence-electron chi connectivity index (χ3n) is 5.60. The van der Waals surface area contributed by atoms with E-state index in [4.69, 9.17) is 9.57 Å². The second-order valence-electron chi connectivity index (χ2n) is 7.87. The van der Waals surface area contributed by atoms with Crippen LogP contribution in [0.3, 0.4) is 0 Å². The maximum Gasteiger partial charge on any atom is 0.272 e. The van der Waals surface area contributed by atoms with E-state index in [9.17, 15) is 9.59 Å². The predicted octanol–water partition coefficient (Wildman–Crippen LogP) is 2.86. The lowest BCUT2D eigenvalue weighted by atomic mass is 10.1. The molecule has 1 aliphatic heterocycles. The molecule has 1 fully saturated rings. The molecule has 1 aromatic heterocycles. The van der Waals surface area contributed by atoms with Gasteiger partial charge in [-0.3, -0.25) is 14.7 Å². The van der Waals surface area contributed by atoms with Crippen LogP contribution in [0, 0.1) is 0 Å². The minimum atomic E-state index is -0.390. The van der Waals surface area contributed by atoms with Gasteiger partial charge in [-0.2, -0.15) is 5.10 Å². The van der Waals surface area contributed by atoms with Crippen LogP contribution in [0.15, 0.2) is 65.8 Å². The number of piperidine rings is 1. The molecule has 0 aliphatic carbocycles. The standard InChI is InChI=1S/C25H27N5O4/c1-33-27-16-19-9-5-6-10-23(19)34-20-11-13-30(14-12-20)24(31)17-26-25(32)22-15-21(28-29-22)18-7-3-2-4-8-18/h2-10,15-16,20H,11-14,17H2,1H3,(H,26,32)(H,28,29)/b27-16+. The summed E-state index contributed by atoms with van der Waals surface area (Å²) in [6, 6.07) is 18.9. The maximum absolute atomic E-state index is 12.6. The van der Waals surface area contributed by atoms with Crippen LogP contribution in [0.25, 0.3) is 11.3 Å². The SMILES string of the molecule is CO/N=C/c1ccccc1OC1CCN(C(=O)CNC(=O)c2cc(-c3ccccc3)[nH]n2)CC1. The molecule has 2 aromatic carbocycles. The van der Waals surface area contributed by atoms with Gasteiger partial charge in [0.05, 0.1) is 18.5 Å². The molecule has 0 radical (unpaired) electrons. The summed E-state index contributed by atoms with van der Waals surface area (Å²) in [5, 5.41) is 13.4. The van der Waals surface area contributed by atoms with Gasteiger partial charge in [0.1, 0.15) is 19.0 Å². The summed E-state index contributed by atoms with van der Waals surface area (Å²) in [6.45, 7) is 1.05. The summed E-state index contributed by atoms with van der Waals surface area (Å²) in [5.74, 6) is 0.215. The summed E-state index contributed by atoms with van der Waals surface area (Å²) in [4.78, 5) is 31.5. The van der Waals surface area contributed by atoms with Crippen molar-refractivity contribution in [3.8, 4) is 17.0 Å². The quantitative estimate of drug-likeness (QED) is 0.396. The largest absolute Gasteiger partial charge is 0.490 e. The Labute approximate surface area is 197 Å². The average molecular weight is 462 g/mol. The van der Waals surface area contributed by atoms with E-state index in [-0.39, 0.29) is 30.2 Å². The first-order chi connectivity index (χ1) is 16.6. The van der Waals surface area contributed by atoms with Gasteiger partial charge in [0.15, 0.2) is 5.69 Å². The zero-order valence-corrected chi connectivity index (χ0v) is 18.9. The number of hydrogen-bond acceptors (Lipinski definition) is 6. The zero-order chi connectivity index (χ0) is 23.8. The first kappa shape index (κ1) is 23.0. The van der Waals surface area contributed by atoms with E-state index in [1.807, 2.05) is 54.6 Å². The maximum atomic E-state index is 12.6. The van der Waals surface area contributed by atoms with Gasteiger partial charge in [0.2, 0.25) is 5.91 Å². The first-order valence-corrected chi connectivity index (χ1v) is 11.1. The number of H-pyrrole nitrogens is 1. The zero-order valence-electron chi connectivity index (χ0n) is 18.9. The number of carbonyl (C=O) groups excluding carboxylic acids is 2. The van der Waals surface area contributed by atoms with Crippen LogP contribution in [0.5, 0.6) is 5.75 Å². The van der Waals surface area contributed by atoms with Crippen LogP contribution in [0.1, 0.15) is 28.9 Å². The molecule has 0 saturated carbocycles. The molecule has 0 spiro atoms. The van der Waals surface area contributed by atoms with Gasteiger partial charge in [0, 0.05) is 31.5 Å². The molecule has 4 rings (SSSR count). The number of amides is 2. The van der Waals surface area contributed by atoms with Crippen LogP contribution >= 0.6 is 0 Å². The number of nitrogens with zero attached hydrogens (tertiary/aromatic N) is 3. The van der Waals surface area contributed by atoms with E-state index in [2.05, 4.69) is 20.7 Å². The second kappa shape index (κ2) is 11.1. The lowest BCUT2D eigenvalue weighted by molar-refractivity contribution is -0.131. The van der Waals surface area contributed by atoms with E-state index >= 15 is 0 Å². The lowest BCUT2D eigenvalue weighted by Gasteiger charge is -2.32. The Kier molecular flexibility index (Phi) is 7.54. The van der Waals surface area contributed by atoms with Gasteiger partial charge in [-0.05, 0) is 23.8 Å². The Morgan fingerprint density at radius 3 is 2.65 bits per heavy atom. The van der Waals surface area contributed by atoms with Crippen LogP contribution in [0.2, 0.25) is 0 Å². The number of nitrogens with one attached hydrogen (secondary N) is 2. The van der Waals surface area contributed by atoms with Gasteiger partial charge in [-0.15, -0.1) is 0 Å². The molecule has 1 saturated heterocycles. The summed E-state index contributed by atoms with van der Waals surface area (Å²) < 4.78 is 6.14.